The van der Waals surface area contributed by atoms with E-state index >= 15 is 0 Å². The second kappa shape index (κ2) is 19.4. The average Bonchev–Trinajstić information content (AvgIpc) is 3.15. The number of nitrogens with zero attached hydrogens (tertiary/aromatic N) is 1. The van der Waals surface area contributed by atoms with E-state index in [0.29, 0.717) is 31.8 Å². The van der Waals surface area contributed by atoms with Gasteiger partial charge in [0.1, 0.15) is 42.0 Å². The van der Waals surface area contributed by atoms with Gasteiger partial charge in [-0.05, 0) is 103 Å². The predicted octanol–water partition coefficient (Wildman–Crippen LogP) is 10.2. The maximum Gasteiger partial charge on any atom is 0.119 e. The van der Waals surface area contributed by atoms with Crippen LogP contribution in [0, 0.1) is 10.8 Å². The number of hydrogen-bond acceptors (Lipinski definition) is 3. The lowest BCUT2D eigenvalue weighted by atomic mass is 9.71. The summed E-state index contributed by atoms with van der Waals surface area (Å²) in [6.45, 7) is 16.2. The van der Waals surface area contributed by atoms with Gasteiger partial charge in [0.15, 0.2) is 0 Å². The van der Waals surface area contributed by atoms with Crippen LogP contribution in [-0.2, 0) is 16.0 Å². The molecule has 0 bridgehead atoms. The van der Waals surface area contributed by atoms with Gasteiger partial charge in [0.05, 0.1) is 52.8 Å². The van der Waals surface area contributed by atoms with Crippen molar-refractivity contribution in [2.45, 2.75) is 73.0 Å². The quantitative estimate of drug-likeness (QED) is 0.0512. The Kier molecular flexibility index (Phi) is 14.9. The third-order valence-electron chi connectivity index (χ3n) is 10.5. The molecule has 0 aliphatic heterocycles. The average molecular weight is 748 g/mol. The van der Waals surface area contributed by atoms with Gasteiger partial charge in [-0.2, -0.15) is 0 Å². The van der Waals surface area contributed by atoms with Crippen molar-refractivity contribution in [3.63, 3.8) is 0 Å². The van der Waals surface area contributed by atoms with E-state index in [0.717, 1.165) is 55.2 Å². The summed E-state index contributed by atoms with van der Waals surface area (Å²) in [6.07, 6.45) is 12.3. The van der Waals surface area contributed by atoms with Crippen molar-refractivity contribution in [1.29, 1.82) is 0 Å². The van der Waals surface area contributed by atoms with E-state index in [1.54, 1.807) is 0 Å². The van der Waals surface area contributed by atoms with E-state index in [2.05, 4.69) is 182 Å². The Labute approximate surface area is 328 Å². The van der Waals surface area contributed by atoms with E-state index in [-0.39, 0.29) is 11.5 Å². The maximum absolute atomic E-state index is 6.27. The molecule has 0 radical (unpaired) electrons. The molecular formula is C49H66NO3P+2. The second-order valence-corrected chi connectivity index (χ2v) is 21.1. The highest BCUT2D eigenvalue weighted by molar-refractivity contribution is 7.95. The van der Waals surface area contributed by atoms with Gasteiger partial charge in [-0.15, -0.1) is 0 Å². The number of hydrogen-bond donors (Lipinski definition) is 0. The first-order valence-corrected chi connectivity index (χ1v) is 22.0. The summed E-state index contributed by atoms with van der Waals surface area (Å²) >= 11 is 0. The van der Waals surface area contributed by atoms with Crippen molar-refractivity contribution in [2.75, 3.05) is 53.2 Å². The summed E-state index contributed by atoms with van der Waals surface area (Å²) in [5.74, 6) is 0.941. The van der Waals surface area contributed by atoms with Crippen molar-refractivity contribution in [3.8, 4) is 5.75 Å². The maximum atomic E-state index is 6.27. The molecular weight excluding hydrogens is 682 g/mol. The molecule has 0 saturated heterocycles. The molecule has 0 heterocycles. The fourth-order valence-corrected chi connectivity index (χ4v) is 12.5. The van der Waals surface area contributed by atoms with Crippen LogP contribution >= 0.6 is 7.26 Å². The largest absolute Gasteiger partial charge is 0.494 e. The van der Waals surface area contributed by atoms with Crippen LogP contribution < -0.4 is 20.7 Å². The zero-order valence-electron chi connectivity index (χ0n) is 34.2. The standard InChI is InChI=1S/C49H66NO3P/c1-48(2,3)40-49(4,5)42-27-31-44(32-28-42)53-37-36-51-35-33-50(6,7)39-41-25-29-43(30-26-41)52-34-17-18-38-54(45-19-11-8-12-20-45,46-21-13-9-14-22-46)47-23-15-10-16-24-47/h8-16,19-31,44H,17-18,32-40H2,1-7H3/q+2. The van der Waals surface area contributed by atoms with E-state index < -0.39 is 7.26 Å². The molecule has 1 atom stereocenters. The summed E-state index contributed by atoms with van der Waals surface area (Å²) in [7, 11) is 2.74. The van der Waals surface area contributed by atoms with Gasteiger partial charge in [0.2, 0.25) is 0 Å². The zero-order chi connectivity index (χ0) is 38.5. The molecule has 1 aliphatic carbocycles. The van der Waals surface area contributed by atoms with Gasteiger partial charge >= 0.3 is 0 Å². The Morgan fingerprint density at radius 2 is 1.24 bits per heavy atom. The first-order chi connectivity index (χ1) is 25.9. The van der Waals surface area contributed by atoms with Crippen LogP contribution in [0.4, 0.5) is 0 Å². The summed E-state index contributed by atoms with van der Waals surface area (Å²) in [4.78, 5) is 0. The summed E-state index contributed by atoms with van der Waals surface area (Å²) in [6, 6.07) is 42.1. The van der Waals surface area contributed by atoms with Gasteiger partial charge in [-0.1, -0.05) is 107 Å². The van der Waals surface area contributed by atoms with Crippen LogP contribution in [-0.4, -0.2) is 63.8 Å². The summed E-state index contributed by atoms with van der Waals surface area (Å²) < 4.78 is 19.3. The molecule has 0 aromatic heterocycles. The lowest BCUT2D eigenvalue weighted by Gasteiger charge is -2.35. The molecule has 4 nitrogen and oxygen atoms in total. The third-order valence-corrected chi connectivity index (χ3v) is 15.0. The third kappa shape index (κ3) is 12.2. The molecule has 0 N–H and O–H groups in total. The second-order valence-electron chi connectivity index (χ2n) is 17.5. The molecule has 0 saturated carbocycles. The van der Waals surface area contributed by atoms with Gasteiger partial charge in [0, 0.05) is 5.56 Å². The van der Waals surface area contributed by atoms with E-state index in [4.69, 9.17) is 14.2 Å². The number of ether oxygens (including phenoxy) is 3. The van der Waals surface area contributed by atoms with Crippen molar-refractivity contribution < 1.29 is 18.7 Å². The summed E-state index contributed by atoms with van der Waals surface area (Å²) in [5.41, 5.74) is 3.22. The van der Waals surface area contributed by atoms with Crippen LogP contribution in [0.3, 0.4) is 0 Å². The van der Waals surface area contributed by atoms with Crippen molar-refractivity contribution in [2.24, 2.45) is 10.8 Å². The molecule has 54 heavy (non-hydrogen) atoms. The normalized spacial score (nSPS) is 15.2. The van der Waals surface area contributed by atoms with Crippen LogP contribution in [0.25, 0.3) is 0 Å². The van der Waals surface area contributed by atoms with Gasteiger partial charge < -0.3 is 18.7 Å². The highest BCUT2D eigenvalue weighted by atomic mass is 31.2. The van der Waals surface area contributed by atoms with Gasteiger partial charge in [-0.25, -0.2) is 0 Å². The van der Waals surface area contributed by atoms with E-state index in [9.17, 15) is 0 Å². The number of likely N-dealkylation sites (N-methyl/N-ethyl adjacent to an activating group) is 1. The highest BCUT2D eigenvalue weighted by Crippen LogP contribution is 2.56. The molecule has 0 fully saturated rings. The Morgan fingerprint density at radius 3 is 1.76 bits per heavy atom. The zero-order valence-corrected chi connectivity index (χ0v) is 35.1. The highest BCUT2D eigenvalue weighted by Gasteiger charge is 2.44. The molecule has 0 amide bonds. The molecule has 1 unspecified atom stereocenters. The van der Waals surface area contributed by atoms with Gasteiger partial charge in [0.25, 0.3) is 0 Å². The van der Waals surface area contributed by atoms with Gasteiger partial charge in [-0.3, -0.25) is 0 Å². The van der Waals surface area contributed by atoms with Crippen LogP contribution in [0.15, 0.2) is 139 Å². The molecule has 4 aromatic carbocycles. The molecule has 288 valence electrons. The predicted molar refractivity (Wildman–Crippen MR) is 232 cm³/mol. The van der Waals surface area contributed by atoms with E-state index in [1.165, 1.54) is 27.1 Å². The Balaban J connectivity index is 1.02. The molecule has 1 aliphatic rings. The number of allylic oxidation sites excluding steroid dienone is 2. The minimum absolute atomic E-state index is 0.140. The SMILES string of the molecule is CC(C)(C)CC(C)(C)C1=CCC(OCCOCC[N+](C)(C)Cc2ccc(OCCCC[P+](c3ccccc3)(c3ccccc3)c3ccccc3)cc2)C=C1. The monoisotopic (exact) mass is 747 g/mol. The number of rotatable bonds is 20. The number of benzene rings is 4. The lowest BCUT2D eigenvalue weighted by molar-refractivity contribution is -0.904. The number of quaternary nitrogens is 1. The first kappa shape index (κ1) is 41.6. The van der Waals surface area contributed by atoms with Crippen molar-refractivity contribution >= 4 is 23.2 Å². The van der Waals surface area contributed by atoms with Crippen LogP contribution in [0.5, 0.6) is 5.75 Å². The summed E-state index contributed by atoms with van der Waals surface area (Å²) in [5, 5.41) is 4.32. The van der Waals surface area contributed by atoms with Crippen LogP contribution in [0.1, 0.15) is 65.9 Å². The topological polar surface area (TPSA) is 27.7 Å². The van der Waals surface area contributed by atoms with Crippen molar-refractivity contribution in [3.05, 3.63) is 145 Å². The fraction of sp³-hybridized carbons (Fsp3) is 0.429. The molecule has 5 rings (SSSR count). The minimum Gasteiger partial charge on any atom is -0.494 e. The molecule has 5 heteroatoms. The Hall–Kier alpha value is -3.53. The smallest absolute Gasteiger partial charge is 0.119 e. The fourth-order valence-electron chi connectivity index (χ4n) is 8.11. The number of unbranched alkanes of at least 4 members (excludes halogenated alkanes) is 1. The lowest BCUT2D eigenvalue weighted by Crippen LogP contribution is -2.41. The van der Waals surface area contributed by atoms with Crippen LogP contribution in [0.2, 0.25) is 0 Å². The van der Waals surface area contributed by atoms with E-state index in [1.807, 2.05) is 0 Å². The van der Waals surface area contributed by atoms with Crippen molar-refractivity contribution in [1.82, 2.24) is 0 Å². The minimum atomic E-state index is -1.80. The Bertz CT molecular complexity index is 1650. The molecule has 4 aromatic rings. The Morgan fingerprint density at radius 1 is 0.667 bits per heavy atom. The first-order valence-electron chi connectivity index (χ1n) is 20.0. The molecule has 0 spiro atoms.